The van der Waals surface area contributed by atoms with Crippen LogP contribution in [0.5, 0.6) is 5.75 Å². The molecule has 1 fully saturated rings. The van der Waals surface area contributed by atoms with E-state index in [0.29, 0.717) is 19.0 Å². The minimum atomic E-state index is -3.80. The van der Waals surface area contributed by atoms with Gasteiger partial charge in [-0.2, -0.15) is 4.31 Å². The molecular formula is C16H26N2O5S2. The first-order valence-corrected chi connectivity index (χ1v) is 11.6. The Bertz CT molecular complexity index is 798. The molecule has 0 radical (unpaired) electrons. The fraction of sp³-hybridized carbons (Fsp3) is 0.625. The Labute approximate surface area is 150 Å². The van der Waals surface area contributed by atoms with Gasteiger partial charge in [0.1, 0.15) is 10.6 Å². The van der Waals surface area contributed by atoms with Crippen molar-refractivity contribution in [2.45, 2.75) is 29.1 Å². The first-order valence-electron chi connectivity index (χ1n) is 8.23. The zero-order valence-corrected chi connectivity index (χ0v) is 16.5. The Balaban J connectivity index is 2.28. The molecule has 0 aliphatic carbocycles. The van der Waals surface area contributed by atoms with Gasteiger partial charge < -0.3 is 10.1 Å². The van der Waals surface area contributed by atoms with Crippen molar-refractivity contribution < 1.29 is 21.6 Å². The van der Waals surface area contributed by atoms with Crippen LogP contribution in [0.15, 0.2) is 28.0 Å². The van der Waals surface area contributed by atoms with Crippen LogP contribution >= 0.6 is 0 Å². The second kappa shape index (κ2) is 8.03. The highest BCUT2D eigenvalue weighted by atomic mass is 32.2. The van der Waals surface area contributed by atoms with Crippen LogP contribution in [-0.4, -0.2) is 61.2 Å². The number of sulfone groups is 1. The third kappa shape index (κ3) is 4.72. The van der Waals surface area contributed by atoms with Gasteiger partial charge >= 0.3 is 0 Å². The van der Waals surface area contributed by atoms with Crippen molar-refractivity contribution in [3.05, 3.63) is 18.2 Å². The monoisotopic (exact) mass is 390 g/mol. The maximum Gasteiger partial charge on any atom is 0.246 e. The van der Waals surface area contributed by atoms with Gasteiger partial charge in [0.2, 0.25) is 10.0 Å². The molecule has 9 heteroatoms. The molecule has 0 amide bonds. The fourth-order valence-corrected chi connectivity index (χ4v) is 5.39. The van der Waals surface area contributed by atoms with E-state index >= 15 is 0 Å². The molecule has 0 saturated carbocycles. The van der Waals surface area contributed by atoms with E-state index in [9.17, 15) is 16.8 Å². The van der Waals surface area contributed by atoms with Crippen molar-refractivity contribution in [3.63, 3.8) is 0 Å². The second-order valence-electron chi connectivity index (χ2n) is 6.32. The van der Waals surface area contributed by atoms with Crippen LogP contribution in [-0.2, 0) is 19.9 Å². The van der Waals surface area contributed by atoms with Crippen LogP contribution in [0.25, 0.3) is 0 Å². The summed E-state index contributed by atoms with van der Waals surface area (Å²) in [6, 6.07) is 3.94. The molecule has 0 spiro atoms. The number of hydrogen-bond donors (Lipinski definition) is 1. The van der Waals surface area contributed by atoms with Gasteiger partial charge in [0.15, 0.2) is 9.84 Å². The zero-order valence-electron chi connectivity index (χ0n) is 14.9. The minimum absolute atomic E-state index is 0.0317. The Morgan fingerprint density at radius 3 is 2.36 bits per heavy atom. The summed E-state index contributed by atoms with van der Waals surface area (Å²) in [6.45, 7) is 1.79. The molecule has 1 aliphatic heterocycles. The van der Waals surface area contributed by atoms with Crippen molar-refractivity contribution in [2.75, 3.05) is 40.0 Å². The van der Waals surface area contributed by atoms with Crippen LogP contribution in [0.1, 0.15) is 19.3 Å². The number of nitrogens with zero attached hydrogens (tertiary/aromatic N) is 1. The summed E-state index contributed by atoms with van der Waals surface area (Å²) in [7, 11) is -4.03. The Hall–Kier alpha value is -1.16. The van der Waals surface area contributed by atoms with Gasteiger partial charge in [-0.3, -0.25) is 0 Å². The lowest BCUT2D eigenvalue weighted by Gasteiger charge is -2.31. The predicted octanol–water partition coefficient (Wildman–Crippen LogP) is 1.11. The summed E-state index contributed by atoms with van der Waals surface area (Å²) in [4.78, 5) is -0.123. The largest absolute Gasteiger partial charge is 0.495 e. The van der Waals surface area contributed by atoms with E-state index in [2.05, 4.69) is 5.32 Å². The number of sulfonamides is 1. The molecule has 2 rings (SSSR count). The number of rotatable bonds is 7. The van der Waals surface area contributed by atoms with Crippen LogP contribution in [0.4, 0.5) is 0 Å². The van der Waals surface area contributed by atoms with Crippen LogP contribution in [0.2, 0.25) is 0 Å². The predicted molar refractivity (Wildman–Crippen MR) is 96.1 cm³/mol. The summed E-state index contributed by atoms with van der Waals surface area (Å²) >= 11 is 0. The molecule has 1 aliphatic rings. The van der Waals surface area contributed by atoms with Crippen molar-refractivity contribution >= 4 is 19.9 Å². The normalized spacial score (nSPS) is 17.6. The zero-order chi connectivity index (χ0) is 18.7. The van der Waals surface area contributed by atoms with Gasteiger partial charge in [0.05, 0.1) is 12.0 Å². The Kier molecular flexibility index (Phi) is 6.47. The second-order valence-corrected chi connectivity index (χ2v) is 10.2. The first kappa shape index (κ1) is 20.2. The SMILES string of the molecule is CNCCC1CCN(S(=O)(=O)c2cc(S(C)(=O)=O)ccc2OC)CC1. The minimum Gasteiger partial charge on any atom is -0.495 e. The summed E-state index contributed by atoms with van der Waals surface area (Å²) in [5, 5.41) is 3.11. The van der Waals surface area contributed by atoms with Crippen molar-refractivity contribution in [2.24, 2.45) is 5.92 Å². The molecule has 25 heavy (non-hydrogen) atoms. The highest BCUT2D eigenvalue weighted by Crippen LogP contribution is 2.32. The Morgan fingerprint density at radius 1 is 1.20 bits per heavy atom. The first-order chi connectivity index (χ1) is 11.7. The molecule has 1 N–H and O–H groups in total. The number of nitrogens with one attached hydrogen (secondary N) is 1. The molecule has 1 heterocycles. The third-order valence-corrected chi connectivity index (χ3v) is 7.59. The number of benzene rings is 1. The molecule has 1 aromatic rings. The molecule has 1 saturated heterocycles. The van der Waals surface area contributed by atoms with Gasteiger partial charge in [-0.15, -0.1) is 0 Å². The van der Waals surface area contributed by atoms with Crippen LogP contribution in [0.3, 0.4) is 0 Å². The standard InChI is InChI=1S/C16H26N2O5S2/c1-17-9-6-13-7-10-18(11-8-13)25(21,22)16-12-14(24(3,19)20)4-5-15(16)23-2/h4-5,12-13,17H,6-11H2,1-3H3. The van der Waals surface area contributed by atoms with Crippen molar-refractivity contribution in [3.8, 4) is 5.75 Å². The van der Waals surface area contributed by atoms with E-state index in [4.69, 9.17) is 4.74 Å². The summed E-state index contributed by atoms with van der Waals surface area (Å²) in [6.07, 6.45) is 3.68. The molecule has 0 unspecified atom stereocenters. The number of methoxy groups -OCH3 is 1. The molecule has 1 aromatic carbocycles. The van der Waals surface area contributed by atoms with Crippen molar-refractivity contribution in [1.29, 1.82) is 0 Å². The van der Waals surface area contributed by atoms with Gasteiger partial charge in [0.25, 0.3) is 0 Å². The molecule has 142 valence electrons. The maximum atomic E-state index is 13.0. The number of piperidine rings is 1. The summed E-state index contributed by atoms with van der Waals surface area (Å²) in [5.74, 6) is 0.660. The topological polar surface area (TPSA) is 92.8 Å². The number of ether oxygens (including phenoxy) is 1. The fourth-order valence-electron chi connectivity index (χ4n) is 3.02. The van der Waals surface area contributed by atoms with Gasteiger partial charge in [-0.05, 0) is 57.0 Å². The molecule has 0 bridgehead atoms. The van der Waals surface area contributed by atoms with Crippen LogP contribution < -0.4 is 10.1 Å². The lowest BCUT2D eigenvalue weighted by Crippen LogP contribution is -2.39. The van der Waals surface area contributed by atoms with E-state index < -0.39 is 19.9 Å². The Morgan fingerprint density at radius 2 is 1.84 bits per heavy atom. The summed E-state index contributed by atoms with van der Waals surface area (Å²) < 4.78 is 56.1. The summed E-state index contributed by atoms with van der Waals surface area (Å²) in [5.41, 5.74) is 0. The highest BCUT2D eigenvalue weighted by Gasteiger charge is 2.32. The average molecular weight is 391 g/mol. The lowest BCUT2D eigenvalue weighted by molar-refractivity contribution is 0.262. The smallest absolute Gasteiger partial charge is 0.246 e. The van der Waals surface area contributed by atoms with E-state index in [1.807, 2.05) is 7.05 Å². The van der Waals surface area contributed by atoms with Gasteiger partial charge in [0, 0.05) is 19.3 Å². The lowest BCUT2D eigenvalue weighted by atomic mass is 9.95. The van der Waals surface area contributed by atoms with E-state index in [0.717, 1.165) is 32.1 Å². The van der Waals surface area contributed by atoms with Gasteiger partial charge in [-0.1, -0.05) is 0 Å². The van der Waals surface area contributed by atoms with E-state index in [1.54, 1.807) is 0 Å². The van der Waals surface area contributed by atoms with Crippen molar-refractivity contribution in [1.82, 2.24) is 9.62 Å². The highest BCUT2D eigenvalue weighted by molar-refractivity contribution is 7.91. The third-order valence-electron chi connectivity index (χ3n) is 4.56. The maximum absolute atomic E-state index is 13.0. The van der Waals surface area contributed by atoms with E-state index in [1.165, 1.54) is 29.6 Å². The molecule has 0 atom stereocenters. The molecular weight excluding hydrogens is 364 g/mol. The van der Waals surface area contributed by atoms with Crippen LogP contribution in [0, 0.1) is 5.92 Å². The number of hydrogen-bond acceptors (Lipinski definition) is 6. The average Bonchev–Trinajstić information content (AvgIpc) is 2.59. The molecule has 7 nitrogen and oxygen atoms in total. The quantitative estimate of drug-likeness (QED) is 0.750. The van der Waals surface area contributed by atoms with E-state index in [-0.39, 0.29) is 15.5 Å². The molecule has 0 aromatic heterocycles. The van der Waals surface area contributed by atoms with Gasteiger partial charge in [-0.25, -0.2) is 16.8 Å².